The van der Waals surface area contributed by atoms with E-state index in [1.165, 1.54) is 6.07 Å². The van der Waals surface area contributed by atoms with Gasteiger partial charge in [0.15, 0.2) is 0 Å². The predicted octanol–water partition coefficient (Wildman–Crippen LogP) is -2.17. The SMILES string of the molecule is CC1(c2ccc(F)c(C(=O)[O-])c2)CCO1.[Li+]. The van der Waals surface area contributed by atoms with Crippen LogP contribution in [0.4, 0.5) is 4.39 Å². The zero-order valence-corrected chi connectivity index (χ0v) is 9.25. The maximum Gasteiger partial charge on any atom is 1.00 e. The van der Waals surface area contributed by atoms with E-state index < -0.39 is 23.0 Å². The van der Waals surface area contributed by atoms with Crippen molar-refractivity contribution >= 4 is 5.97 Å². The summed E-state index contributed by atoms with van der Waals surface area (Å²) in [7, 11) is 0. The normalized spacial score (nSPS) is 23.1. The van der Waals surface area contributed by atoms with E-state index in [9.17, 15) is 14.3 Å². The van der Waals surface area contributed by atoms with Crippen molar-refractivity contribution < 1.29 is 37.9 Å². The molecule has 1 aromatic rings. The third-order valence-corrected chi connectivity index (χ3v) is 2.80. The van der Waals surface area contributed by atoms with Crippen LogP contribution in [0.2, 0.25) is 0 Å². The summed E-state index contributed by atoms with van der Waals surface area (Å²) in [6.07, 6.45) is 0.811. The van der Waals surface area contributed by atoms with Crippen molar-refractivity contribution in [3.8, 4) is 0 Å². The number of hydrogen-bond donors (Lipinski definition) is 0. The molecule has 0 amide bonds. The fourth-order valence-corrected chi connectivity index (χ4v) is 1.65. The first-order valence-electron chi connectivity index (χ1n) is 4.68. The summed E-state index contributed by atoms with van der Waals surface area (Å²) in [4.78, 5) is 10.6. The van der Waals surface area contributed by atoms with Crippen LogP contribution in [-0.2, 0) is 10.3 Å². The van der Waals surface area contributed by atoms with E-state index >= 15 is 0 Å². The Labute approximate surface area is 105 Å². The molecule has 0 N–H and O–H groups in total. The van der Waals surface area contributed by atoms with Crippen molar-refractivity contribution in [3.63, 3.8) is 0 Å². The zero-order chi connectivity index (χ0) is 11.1. The number of aromatic carboxylic acids is 1. The molecule has 1 fully saturated rings. The van der Waals surface area contributed by atoms with Gasteiger partial charge in [-0.25, -0.2) is 4.39 Å². The van der Waals surface area contributed by atoms with Gasteiger partial charge in [-0.05, 0) is 24.6 Å². The number of hydrogen-bond acceptors (Lipinski definition) is 3. The predicted molar refractivity (Wildman–Crippen MR) is 48.7 cm³/mol. The Hall–Kier alpha value is -0.823. The first-order valence-corrected chi connectivity index (χ1v) is 4.68. The summed E-state index contributed by atoms with van der Waals surface area (Å²) in [5, 5.41) is 10.6. The number of carboxylic acid groups (broad SMARTS) is 1. The second kappa shape index (κ2) is 4.58. The molecule has 0 saturated carbocycles. The third kappa shape index (κ3) is 2.15. The molecule has 1 aromatic carbocycles. The molecule has 1 aliphatic rings. The molecule has 0 spiro atoms. The van der Waals surface area contributed by atoms with E-state index in [4.69, 9.17) is 4.74 Å². The largest absolute Gasteiger partial charge is 1.00 e. The number of carbonyl (C=O) groups is 1. The topological polar surface area (TPSA) is 49.4 Å². The first-order chi connectivity index (χ1) is 7.03. The van der Waals surface area contributed by atoms with Crippen molar-refractivity contribution in [2.45, 2.75) is 18.9 Å². The number of benzene rings is 1. The Balaban J connectivity index is 0.00000128. The summed E-state index contributed by atoms with van der Waals surface area (Å²) >= 11 is 0. The number of rotatable bonds is 2. The van der Waals surface area contributed by atoms with Crippen LogP contribution in [0.1, 0.15) is 29.3 Å². The van der Waals surface area contributed by atoms with Crippen LogP contribution in [0.25, 0.3) is 0 Å². The van der Waals surface area contributed by atoms with E-state index in [1.807, 2.05) is 6.92 Å². The molecule has 0 aromatic heterocycles. The number of carbonyl (C=O) groups excluding carboxylic acids is 1. The molecule has 5 heteroatoms. The minimum atomic E-state index is -1.50. The Kier molecular flexibility index (Phi) is 3.79. The van der Waals surface area contributed by atoms with Gasteiger partial charge in [0, 0.05) is 12.0 Å². The van der Waals surface area contributed by atoms with Crippen molar-refractivity contribution in [3.05, 3.63) is 35.1 Å². The van der Waals surface area contributed by atoms with Gasteiger partial charge in [0.25, 0.3) is 0 Å². The summed E-state index contributed by atoms with van der Waals surface area (Å²) in [6.45, 7) is 2.50. The van der Waals surface area contributed by atoms with Gasteiger partial charge >= 0.3 is 18.9 Å². The van der Waals surface area contributed by atoms with Crippen molar-refractivity contribution in [2.24, 2.45) is 0 Å². The van der Waals surface area contributed by atoms with E-state index in [0.717, 1.165) is 12.5 Å². The van der Waals surface area contributed by atoms with Crippen LogP contribution in [0, 0.1) is 5.82 Å². The maximum absolute atomic E-state index is 13.1. The van der Waals surface area contributed by atoms with Gasteiger partial charge in [0.1, 0.15) is 5.82 Å². The van der Waals surface area contributed by atoms with E-state index in [2.05, 4.69) is 0 Å². The molecule has 1 unspecified atom stereocenters. The van der Waals surface area contributed by atoms with Crippen LogP contribution >= 0.6 is 0 Å². The number of carboxylic acids is 1. The quantitative estimate of drug-likeness (QED) is 0.528. The van der Waals surface area contributed by atoms with Crippen molar-refractivity contribution in [1.29, 1.82) is 0 Å². The van der Waals surface area contributed by atoms with Crippen LogP contribution in [0.5, 0.6) is 0 Å². The van der Waals surface area contributed by atoms with Gasteiger partial charge in [-0.3, -0.25) is 0 Å². The Morgan fingerprint density at radius 3 is 2.62 bits per heavy atom. The number of ether oxygens (including phenoxy) is 1. The average Bonchev–Trinajstić information content (AvgIpc) is 2.14. The van der Waals surface area contributed by atoms with E-state index in [-0.39, 0.29) is 18.9 Å². The van der Waals surface area contributed by atoms with E-state index in [1.54, 1.807) is 6.07 Å². The smallest absolute Gasteiger partial charge is 0.545 e. The van der Waals surface area contributed by atoms with Crippen LogP contribution in [-0.4, -0.2) is 12.6 Å². The monoisotopic (exact) mass is 216 g/mol. The van der Waals surface area contributed by atoms with Gasteiger partial charge in [-0.15, -0.1) is 0 Å². The first kappa shape index (κ1) is 13.2. The molecule has 0 aliphatic carbocycles. The molecule has 1 heterocycles. The number of halogens is 1. The minimum absolute atomic E-state index is 0. The van der Waals surface area contributed by atoms with Gasteiger partial charge in [0.2, 0.25) is 0 Å². The summed E-state index contributed by atoms with van der Waals surface area (Å²) in [5.41, 5.74) is -0.212. The molecule has 1 saturated heterocycles. The fraction of sp³-hybridized carbons (Fsp3) is 0.364. The van der Waals surface area contributed by atoms with Crippen molar-refractivity contribution in [1.82, 2.24) is 0 Å². The Bertz CT molecular complexity index is 416. The standard InChI is InChI=1S/C11H11FO3.Li/c1-11(4-5-15-11)7-2-3-9(12)8(6-7)10(13)14;/h2-3,6H,4-5H2,1H3,(H,13,14);/q;+1/p-1. The maximum atomic E-state index is 13.1. The van der Waals surface area contributed by atoms with E-state index in [0.29, 0.717) is 12.2 Å². The minimum Gasteiger partial charge on any atom is -0.545 e. The summed E-state index contributed by atoms with van der Waals surface area (Å²) < 4.78 is 18.4. The Morgan fingerprint density at radius 2 is 2.19 bits per heavy atom. The molecule has 0 radical (unpaired) electrons. The summed E-state index contributed by atoms with van der Waals surface area (Å²) in [6, 6.07) is 3.96. The average molecular weight is 216 g/mol. The third-order valence-electron chi connectivity index (χ3n) is 2.80. The molecule has 1 atom stereocenters. The molecule has 3 nitrogen and oxygen atoms in total. The van der Waals surface area contributed by atoms with Crippen molar-refractivity contribution in [2.75, 3.05) is 6.61 Å². The van der Waals surface area contributed by atoms with Crippen LogP contribution in [0.3, 0.4) is 0 Å². The molecular formula is C11H10FLiO3. The summed E-state index contributed by atoms with van der Waals surface area (Å²) in [5.74, 6) is -2.28. The van der Waals surface area contributed by atoms with Gasteiger partial charge in [-0.1, -0.05) is 6.07 Å². The molecule has 16 heavy (non-hydrogen) atoms. The second-order valence-corrected chi connectivity index (χ2v) is 3.81. The van der Waals surface area contributed by atoms with Gasteiger partial charge < -0.3 is 14.6 Å². The fourth-order valence-electron chi connectivity index (χ4n) is 1.65. The molecule has 0 bridgehead atoms. The van der Waals surface area contributed by atoms with Crippen LogP contribution in [0.15, 0.2) is 18.2 Å². The van der Waals surface area contributed by atoms with Gasteiger partial charge in [-0.2, -0.15) is 0 Å². The molecule has 1 aliphatic heterocycles. The van der Waals surface area contributed by atoms with Gasteiger partial charge in [0.05, 0.1) is 18.2 Å². The van der Waals surface area contributed by atoms with Crippen LogP contribution < -0.4 is 24.0 Å². The Morgan fingerprint density at radius 1 is 1.56 bits per heavy atom. The molecule has 80 valence electrons. The molecule has 2 rings (SSSR count). The zero-order valence-electron chi connectivity index (χ0n) is 9.25. The second-order valence-electron chi connectivity index (χ2n) is 3.81. The molecular weight excluding hydrogens is 206 g/mol.